The van der Waals surface area contributed by atoms with Gasteiger partial charge in [-0.25, -0.2) is 14.6 Å². The third kappa shape index (κ3) is 4.45. The molecule has 1 aliphatic rings. The Morgan fingerprint density at radius 2 is 1.82 bits per heavy atom. The van der Waals surface area contributed by atoms with Crippen LogP contribution in [0.3, 0.4) is 0 Å². The fraction of sp³-hybridized carbons (Fsp3) is 0.200. The van der Waals surface area contributed by atoms with Gasteiger partial charge in [-0.3, -0.25) is 4.79 Å². The Kier molecular flexibility index (Phi) is 5.79. The number of aromatic nitrogens is 4. The minimum Gasteiger partial charge on any atom is -0.352 e. The van der Waals surface area contributed by atoms with Crippen LogP contribution in [0.15, 0.2) is 67.1 Å². The third-order valence-corrected chi connectivity index (χ3v) is 6.02. The maximum absolute atomic E-state index is 12.7. The summed E-state index contributed by atoms with van der Waals surface area (Å²) in [6.45, 7) is 4.69. The molecule has 0 saturated carbocycles. The molecule has 0 aliphatic carbocycles. The molecule has 0 spiro atoms. The van der Waals surface area contributed by atoms with Crippen LogP contribution in [0.4, 0.5) is 5.82 Å². The van der Waals surface area contributed by atoms with Gasteiger partial charge in [0.15, 0.2) is 5.65 Å². The molecule has 1 fully saturated rings. The smallest absolute Gasteiger partial charge is 0.246 e. The number of piperazine rings is 1. The number of benzene rings is 2. The largest absolute Gasteiger partial charge is 0.352 e. The Labute approximate surface area is 196 Å². The van der Waals surface area contributed by atoms with Gasteiger partial charge in [-0.2, -0.15) is 5.10 Å². The van der Waals surface area contributed by atoms with Gasteiger partial charge in [0.05, 0.1) is 17.3 Å². The molecule has 2 aromatic heterocycles. The molecule has 0 atom stereocenters. The van der Waals surface area contributed by atoms with E-state index in [9.17, 15) is 4.79 Å². The minimum atomic E-state index is 0.0248. The van der Waals surface area contributed by atoms with Crippen molar-refractivity contribution < 1.29 is 4.79 Å². The Hall–Kier alpha value is -3.71. The summed E-state index contributed by atoms with van der Waals surface area (Å²) >= 11 is 6.15. The van der Waals surface area contributed by atoms with Gasteiger partial charge in [0, 0.05) is 37.3 Å². The van der Waals surface area contributed by atoms with E-state index in [4.69, 9.17) is 11.6 Å². The molecule has 0 unspecified atom stereocenters. The van der Waals surface area contributed by atoms with E-state index < -0.39 is 0 Å². The average Bonchev–Trinajstić information content (AvgIpc) is 3.28. The molecule has 0 N–H and O–H groups in total. The highest BCUT2D eigenvalue weighted by atomic mass is 35.5. The SMILES string of the molecule is Cc1ccc(/C=C/C(=O)N2CCN(c3ncnc4c3cnn4-c3cccc(Cl)c3)CC2)cc1. The van der Waals surface area contributed by atoms with E-state index >= 15 is 0 Å². The maximum atomic E-state index is 12.7. The second kappa shape index (κ2) is 9.03. The Bertz CT molecular complexity index is 1320. The average molecular weight is 459 g/mol. The van der Waals surface area contributed by atoms with Crippen molar-refractivity contribution in [2.24, 2.45) is 0 Å². The zero-order valence-corrected chi connectivity index (χ0v) is 19.0. The molecule has 2 aromatic carbocycles. The Morgan fingerprint density at radius 1 is 1.03 bits per heavy atom. The highest BCUT2D eigenvalue weighted by molar-refractivity contribution is 6.30. The number of carbonyl (C=O) groups excluding carboxylic acids is 1. The molecule has 5 rings (SSSR count). The lowest BCUT2D eigenvalue weighted by molar-refractivity contribution is -0.126. The van der Waals surface area contributed by atoms with Crippen molar-refractivity contribution in [3.8, 4) is 5.69 Å². The van der Waals surface area contributed by atoms with Crippen molar-refractivity contribution in [1.82, 2.24) is 24.6 Å². The van der Waals surface area contributed by atoms with Crippen LogP contribution in [-0.4, -0.2) is 56.7 Å². The van der Waals surface area contributed by atoms with Crippen LogP contribution in [0.1, 0.15) is 11.1 Å². The first-order valence-electron chi connectivity index (χ1n) is 10.8. The Balaban J connectivity index is 1.29. The van der Waals surface area contributed by atoms with Crippen molar-refractivity contribution in [3.63, 3.8) is 0 Å². The molecule has 33 heavy (non-hydrogen) atoms. The van der Waals surface area contributed by atoms with Gasteiger partial charge in [0.2, 0.25) is 5.91 Å². The summed E-state index contributed by atoms with van der Waals surface area (Å²) in [5.41, 5.74) is 3.79. The lowest BCUT2D eigenvalue weighted by Gasteiger charge is -2.35. The van der Waals surface area contributed by atoms with E-state index in [2.05, 4.69) is 20.0 Å². The fourth-order valence-electron chi connectivity index (χ4n) is 3.97. The van der Waals surface area contributed by atoms with Crippen molar-refractivity contribution in [2.45, 2.75) is 6.92 Å². The van der Waals surface area contributed by atoms with E-state index in [1.807, 2.05) is 66.4 Å². The first-order valence-corrected chi connectivity index (χ1v) is 11.2. The van der Waals surface area contributed by atoms with Gasteiger partial charge in [-0.05, 0) is 36.8 Å². The number of carbonyl (C=O) groups is 1. The molecule has 0 bridgehead atoms. The van der Waals surface area contributed by atoms with Crippen molar-refractivity contribution in [3.05, 3.63) is 83.3 Å². The van der Waals surface area contributed by atoms with Crippen LogP contribution >= 0.6 is 11.6 Å². The first-order chi connectivity index (χ1) is 16.1. The molecule has 3 heterocycles. The highest BCUT2D eigenvalue weighted by Crippen LogP contribution is 2.26. The molecule has 8 heteroatoms. The van der Waals surface area contributed by atoms with Crippen LogP contribution in [0.25, 0.3) is 22.8 Å². The van der Waals surface area contributed by atoms with Crippen LogP contribution in [0, 0.1) is 6.92 Å². The zero-order chi connectivity index (χ0) is 22.8. The summed E-state index contributed by atoms with van der Waals surface area (Å²) < 4.78 is 1.77. The van der Waals surface area contributed by atoms with Crippen molar-refractivity contribution in [1.29, 1.82) is 0 Å². The third-order valence-electron chi connectivity index (χ3n) is 5.78. The van der Waals surface area contributed by atoms with E-state index in [1.54, 1.807) is 23.3 Å². The second-order valence-corrected chi connectivity index (χ2v) is 8.46. The number of hydrogen-bond donors (Lipinski definition) is 0. The number of rotatable bonds is 4. The van der Waals surface area contributed by atoms with E-state index in [0.717, 1.165) is 28.1 Å². The number of amides is 1. The van der Waals surface area contributed by atoms with Gasteiger partial charge in [-0.15, -0.1) is 0 Å². The predicted octanol–water partition coefficient (Wildman–Crippen LogP) is 4.14. The van der Waals surface area contributed by atoms with Gasteiger partial charge < -0.3 is 9.80 Å². The Morgan fingerprint density at radius 3 is 2.58 bits per heavy atom. The number of hydrogen-bond acceptors (Lipinski definition) is 5. The molecule has 1 amide bonds. The molecule has 7 nitrogen and oxygen atoms in total. The minimum absolute atomic E-state index is 0.0248. The summed E-state index contributed by atoms with van der Waals surface area (Å²) in [4.78, 5) is 25.7. The lowest BCUT2D eigenvalue weighted by Crippen LogP contribution is -2.48. The van der Waals surface area contributed by atoms with Crippen LogP contribution in [0.2, 0.25) is 5.02 Å². The summed E-state index contributed by atoms with van der Waals surface area (Å²) in [6, 6.07) is 15.6. The first kappa shape index (κ1) is 21.2. The van der Waals surface area contributed by atoms with Crippen molar-refractivity contribution >= 4 is 40.4 Å². The number of halogens is 1. The normalized spacial score (nSPS) is 14.4. The highest BCUT2D eigenvalue weighted by Gasteiger charge is 2.23. The quantitative estimate of drug-likeness (QED) is 0.430. The number of fused-ring (bicyclic) bond motifs is 1. The number of aryl methyl sites for hydroxylation is 1. The zero-order valence-electron chi connectivity index (χ0n) is 18.2. The van der Waals surface area contributed by atoms with Crippen LogP contribution in [0.5, 0.6) is 0 Å². The lowest BCUT2D eigenvalue weighted by atomic mass is 10.1. The summed E-state index contributed by atoms with van der Waals surface area (Å²) in [5.74, 6) is 0.854. The van der Waals surface area contributed by atoms with Crippen LogP contribution < -0.4 is 4.90 Å². The van der Waals surface area contributed by atoms with Crippen LogP contribution in [-0.2, 0) is 4.79 Å². The molecule has 4 aromatic rings. The molecule has 166 valence electrons. The van der Waals surface area contributed by atoms with Gasteiger partial charge >= 0.3 is 0 Å². The molecule has 1 aliphatic heterocycles. The predicted molar refractivity (Wildman–Crippen MR) is 131 cm³/mol. The van der Waals surface area contributed by atoms with E-state index in [0.29, 0.717) is 31.2 Å². The molecule has 1 saturated heterocycles. The van der Waals surface area contributed by atoms with E-state index in [-0.39, 0.29) is 5.91 Å². The van der Waals surface area contributed by atoms with Crippen molar-refractivity contribution in [2.75, 3.05) is 31.1 Å². The summed E-state index contributed by atoms with van der Waals surface area (Å²) in [5, 5.41) is 6.03. The summed E-state index contributed by atoms with van der Waals surface area (Å²) in [7, 11) is 0. The number of anilines is 1. The monoisotopic (exact) mass is 458 g/mol. The van der Waals surface area contributed by atoms with Gasteiger partial charge in [-0.1, -0.05) is 47.5 Å². The maximum Gasteiger partial charge on any atom is 0.246 e. The molecular weight excluding hydrogens is 436 g/mol. The fourth-order valence-corrected chi connectivity index (χ4v) is 4.15. The van der Waals surface area contributed by atoms with E-state index in [1.165, 1.54) is 5.56 Å². The number of nitrogens with zero attached hydrogens (tertiary/aromatic N) is 6. The molecular formula is C25H23ClN6O. The van der Waals surface area contributed by atoms with Gasteiger partial charge in [0.25, 0.3) is 0 Å². The summed E-state index contributed by atoms with van der Waals surface area (Å²) in [6.07, 6.45) is 6.86. The second-order valence-electron chi connectivity index (χ2n) is 8.03. The standard InChI is InChI=1S/C25H23ClN6O/c1-18-5-7-19(8-6-18)9-10-23(33)30-11-13-31(14-12-30)24-22-16-29-32(25(22)28-17-27-24)21-4-2-3-20(26)15-21/h2-10,15-17H,11-14H2,1H3/b10-9+. The topological polar surface area (TPSA) is 67.2 Å². The molecule has 0 radical (unpaired) electrons. The van der Waals surface area contributed by atoms with Gasteiger partial charge in [0.1, 0.15) is 12.1 Å².